The molecule has 0 heterocycles. The van der Waals surface area contributed by atoms with Crippen LogP contribution >= 0.6 is 0 Å². The fraction of sp³-hybridized carbons (Fsp3) is 0.344. The summed E-state index contributed by atoms with van der Waals surface area (Å²) in [6.45, 7) is 9.68. The molecular formula is C32H31N3O4-2. The standard InChI is InChI=1S/C32H31N3O4/c1-17(2)15-34(38)31(36)25-12-10-23-22-9-7-20(14-33)28-26(32(37)35(39)16-18(3)4)13-11-24(30(22)28)21-8-6-19(5)27(25)29(21)23/h6-9,11-13,17-18,23H,10,15-16H2,1-5H3/q-2. The van der Waals surface area contributed by atoms with Crippen molar-refractivity contribution in [3.8, 4) is 17.2 Å². The average Bonchev–Trinajstić information content (AvgIpc) is 2.90. The zero-order valence-corrected chi connectivity index (χ0v) is 22.9. The van der Waals surface area contributed by atoms with Gasteiger partial charge in [0.2, 0.25) is 11.8 Å². The molecule has 7 nitrogen and oxygen atoms in total. The lowest BCUT2D eigenvalue weighted by molar-refractivity contribution is -0.123. The molecule has 5 rings (SSSR count). The van der Waals surface area contributed by atoms with Crippen LogP contribution in [0.5, 0.6) is 0 Å². The van der Waals surface area contributed by atoms with E-state index in [0.717, 1.165) is 38.8 Å². The molecule has 39 heavy (non-hydrogen) atoms. The number of fused-ring (bicyclic) bond motifs is 2. The van der Waals surface area contributed by atoms with Gasteiger partial charge in [-0.05, 0) is 76.1 Å². The van der Waals surface area contributed by atoms with E-state index in [0.29, 0.717) is 33.1 Å². The molecule has 0 spiro atoms. The topological polar surface area (TPSA) is 111 Å². The van der Waals surface area contributed by atoms with Crippen LogP contribution in [0.3, 0.4) is 0 Å². The minimum absolute atomic E-state index is 0.00641. The van der Waals surface area contributed by atoms with Crippen LogP contribution in [-0.4, -0.2) is 35.0 Å². The Morgan fingerprint density at radius 1 is 0.923 bits per heavy atom. The van der Waals surface area contributed by atoms with E-state index in [1.807, 2.05) is 65.0 Å². The van der Waals surface area contributed by atoms with E-state index >= 15 is 0 Å². The van der Waals surface area contributed by atoms with Gasteiger partial charge in [0, 0.05) is 35.5 Å². The van der Waals surface area contributed by atoms with Crippen LogP contribution in [0.1, 0.15) is 78.2 Å². The first-order chi connectivity index (χ1) is 18.5. The molecule has 0 aliphatic heterocycles. The Kier molecular flexibility index (Phi) is 6.79. The molecular weight excluding hydrogens is 490 g/mol. The number of aryl methyl sites for hydroxylation is 1. The molecule has 3 aromatic rings. The second-order valence-corrected chi connectivity index (χ2v) is 11.4. The number of rotatable bonds is 6. The van der Waals surface area contributed by atoms with Gasteiger partial charge in [-0.2, -0.15) is 5.26 Å². The number of benzene rings is 3. The van der Waals surface area contributed by atoms with Gasteiger partial charge in [-0.3, -0.25) is 9.59 Å². The van der Waals surface area contributed by atoms with Crippen LogP contribution in [0.25, 0.3) is 27.5 Å². The predicted octanol–water partition coefficient (Wildman–Crippen LogP) is 6.50. The highest BCUT2D eigenvalue weighted by molar-refractivity contribution is 6.22. The number of nitriles is 1. The van der Waals surface area contributed by atoms with Crippen molar-refractivity contribution in [2.24, 2.45) is 11.8 Å². The van der Waals surface area contributed by atoms with Crippen molar-refractivity contribution in [2.75, 3.05) is 13.1 Å². The number of carbonyl (C=O) groups is 2. The first-order valence-corrected chi connectivity index (χ1v) is 13.4. The third kappa shape index (κ3) is 4.30. The lowest BCUT2D eigenvalue weighted by atomic mass is 9.68. The third-order valence-electron chi connectivity index (χ3n) is 7.58. The Morgan fingerprint density at radius 2 is 1.56 bits per heavy atom. The minimum atomic E-state index is -0.656. The Balaban J connectivity index is 1.74. The minimum Gasteiger partial charge on any atom is -0.756 e. The van der Waals surface area contributed by atoms with E-state index < -0.39 is 11.8 Å². The molecule has 3 aromatic carbocycles. The first kappa shape index (κ1) is 26.6. The Bertz CT molecular complexity index is 1600. The number of hydrogen-bond donors (Lipinski definition) is 0. The van der Waals surface area contributed by atoms with Crippen molar-refractivity contribution in [2.45, 2.75) is 47.0 Å². The molecule has 2 aliphatic rings. The van der Waals surface area contributed by atoms with E-state index in [1.54, 1.807) is 12.1 Å². The normalized spacial score (nSPS) is 15.2. The molecule has 1 unspecified atom stereocenters. The Hall–Kier alpha value is -3.99. The van der Waals surface area contributed by atoms with Crippen molar-refractivity contribution >= 4 is 28.2 Å². The predicted molar refractivity (Wildman–Crippen MR) is 152 cm³/mol. The van der Waals surface area contributed by atoms with Crippen LogP contribution in [0, 0.1) is 40.5 Å². The molecule has 1 atom stereocenters. The summed E-state index contributed by atoms with van der Waals surface area (Å²) in [4.78, 5) is 26.6. The zero-order valence-electron chi connectivity index (χ0n) is 22.9. The van der Waals surface area contributed by atoms with E-state index in [1.165, 1.54) is 0 Å². The molecule has 0 fully saturated rings. The van der Waals surface area contributed by atoms with E-state index in [2.05, 4.69) is 6.07 Å². The van der Waals surface area contributed by atoms with Gasteiger partial charge >= 0.3 is 0 Å². The molecule has 0 radical (unpaired) electrons. The SMILES string of the molecule is Cc1ccc2c3c1C(C(=O)N([O-])CC(C)C)=CCC3c1ccc(C#N)c3c(C(=O)N([O-])CC(C)C)ccc-2c13. The van der Waals surface area contributed by atoms with Gasteiger partial charge in [-0.25, -0.2) is 0 Å². The molecule has 0 bridgehead atoms. The molecule has 200 valence electrons. The largest absolute Gasteiger partial charge is 0.756 e. The van der Waals surface area contributed by atoms with Crippen LogP contribution in [0.2, 0.25) is 0 Å². The van der Waals surface area contributed by atoms with Gasteiger partial charge in [0.1, 0.15) is 0 Å². The Labute approximate surface area is 228 Å². The summed E-state index contributed by atoms with van der Waals surface area (Å²) in [5, 5.41) is 37.7. The highest BCUT2D eigenvalue weighted by Crippen LogP contribution is 2.53. The summed E-state index contributed by atoms with van der Waals surface area (Å²) in [7, 11) is 0. The number of carbonyl (C=O) groups excluding carboxylic acids is 2. The van der Waals surface area contributed by atoms with E-state index in [4.69, 9.17) is 0 Å². The highest BCUT2D eigenvalue weighted by Gasteiger charge is 2.36. The zero-order chi connectivity index (χ0) is 28.2. The molecule has 0 N–H and O–H groups in total. The van der Waals surface area contributed by atoms with Gasteiger partial charge in [-0.15, -0.1) is 0 Å². The maximum atomic E-state index is 13.3. The van der Waals surface area contributed by atoms with Gasteiger partial charge in [0.05, 0.1) is 11.6 Å². The van der Waals surface area contributed by atoms with Gasteiger partial charge in [0.25, 0.3) is 0 Å². The number of hydrogen-bond acceptors (Lipinski definition) is 5. The van der Waals surface area contributed by atoms with Crippen molar-refractivity contribution in [3.05, 3.63) is 86.3 Å². The lowest BCUT2D eigenvalue weighted by Crippen LogP contribution is -2.31. The lowest BCUT2D eigenvalue weighted by Gasteiger charge is -2.38. The summed E-state index contributed by atoms with van der Waals surface area (Å²) in [6.07, 6.45) is 2.35. The maximum Gasteiger partial charge on any atom is 0.243 e. The van der Waals surface area contributed by atoms with Crippen molar-refractivity contribution in [1.82, 2.24) is 10.1 Å². The highest BCUT2D eigenvalue weighted by atomic mass is 16.5. The fourth-order valence-corrected chi connectivity index (χ4v) is 6.02. The number of hydroxylamine groups is 4. The van der Waals surface area contributed by atoms with Crippen LogP contribution in [0.15, 0.2) is 42.5 Å². The molecule has 0 aromatic heterocycles. The summed E-state index contributed by atoms with van der Waals surface area (Å²) >= 11 is 0. The quantitative estimate of drug-likeness (QED) is 0.344. The van der Waals surface area contributed by atoms with Crippen molar-refractivity contribution in [1.29, 1.82) is 5.26 Å². The average molecular weight is 522 g/mol. The second-order valence-electron chi connectivity index (χ2n) is 11.4. The number of amides is 2. The maximum absolute atomic E-state index is 13.3. The van der Waals surface area contributed by atoms with Crippen LogP contribution in [0.4, 0.5) is 0 Å². The monoisotopic (exact) mass is 521 g/mol. The third-order valence-corrected chi connectivity index (χ3v) is 7.58. The number of nitrogens with zero attached hydrogens (tertiary/aromatic N) is 3. The van der Waals surface area contributed by atoms with Gasteiger partial charge in [0.15, 0.2) is 0 Å². The van der Waals surface area contributed by atoms with Gasteiger partial charge < -0.3 is 20.5 Å². The molecule has 7 heteroatoms. The van der Waals surface area contributed by atoms with Crippen molar-refractivity contribution < 1.29 is 9.59 Å². The second kappa shape index (κ2) is 9.96. The molecule has 2 aliphatic carbocycles. The summed E-state index contributed by atoms with van der Waals surface area (Å²) in [5.41, 5.74) is 6.36. The first-order valence-electron chi connectivity index (χ1n) is 13.4. The number of allylic oxidation sites excluding steroid dienone is 1. The molecule has 0 saturated carbocycles. The summed E-state index contributed by atoms with van der Waals surface area (Å²) in [6, 6.07) is 13.3. The summed E-state index contributed by atoms with van der Waals surface area (Å²) in [5.74, 6) is -1.25. The van der Waals surface area contributed by atoms with E-state index in [9.17, 15) is 25.3 Å². The van der Waals surface area contributed by atoms with Crippen LogP contribution in [-0.2, 0) is 4.79 Å². The smallest absolute Gasteiger partial charge is 0.243 e. The van der Waals surface area contributed by atoms with Crippen LogP contribution < -0.4 is 0 Å². The van der Waals surface area contributed by atoms with E-state index in [-0.39, 0.29) is 36.4 Å². The molecule has 2 amide bonds. The Morgan fingerprint density at radius 3 is 2.21 bits per heavy atom. The fourth-order valence-electron chi connectivity index (χ4n) is 6.02. The summed E-state index contributed by atoms with van der Waals surface area (Å²) < 4.78 is 0. The van der Waals surface area contributed by atoms with Crippen molar-refractivity contribution in [3.63, 3.8) is 0 Å². The van der Waals surface area contributed by atoms with Gasteiger partial charge in [-0.1, -0.05) is 58.0 Å². The molecule has 0 saturated heterocycles.